The van der Waals surface area contributed by atoms with Crippen LogP contribution in [0.3, 0.4) is 0 Å². The van der Waals surface area contributed by atoms with Crippen molar-refractivity contribution < 1.29 is 9.53 Å². The Bertz CT molecular complexity index is 229. The largest absolute Gasteiger partial charge is 0.490 e. The molecule has 1 fully saturated rings. The monoisotopic (exact) mass is 198 g/mol. The minimum atomic E-state index is 0.231. The van der Waals surface area contributed by atoms with E-state index in [2.05, 4.69) is 0 Å². The first kappa shape index (κ1) is 9.13. The van der Waals surface area contributed by atoms with Crippen LogP contribution in [-0.2, 0) is 9.53 Å². The van der Waals surface area contributed by atoms with E-state index in [0.717, 1.165) is 37.4 Å². The molecule has 0 aromatic carbocycles. The molecule has 2 nitrogen and oxygen atoms in total. The van der Waals surface area contributed by atoms with Crippen LogP contribution in [0.4, 0.5) is 0 Å². The van der Waals surface area contributed by atoms with Gasteiger partial charge in [0.2, 0.25) is 5.78 Å². The van der Waals surface area contributed by atoms with Gasteiger partial charge in [0.15, 0.2) is 5.76 Å². The molecule has 1 atom stereocenters. The maximum atomic E-state index is 11.8. The van der Waals surface area contributed by atoms with Crippen LogP contribution < -0.4 is 0 Å². The molecule has 2 heterocycles. The molecule has 0 saturated carbocycles. The van der Waals surface area contributed by atoms with Crippen LogP contribution in [0.2, 0.25) is 0 Å². The Morgan fingerprint density at radius 1 is 1.62 bits per heavy atom. The Labute approximate surface area is 82.7 Å². The van der Waals surface area contributed by atoms with Crippen molar-refractivity contribution in [2.75, 3.05) is 18.1 Å². The Morgan fingerprint density at radius 2 is 2.54 bits per heavy atom. The van der Waals surface area contributed by atoms with E-state index in [-0.39, 0.29) is 11.7 Å². The topological polar surface area (TPSA) is 26.3 Å². The molecule has 2 aliphatic heterocycles. The van der Waals surface area contributed by atoms with Gasteiger partial charge in [-0.2, -0.15) is 11.8 Å². The Balaban J connectivity index is 1.98. The van der Waals surface area contributed by atoms with Gasteiger partial charge in [-0.05, 0) is 31.1 Å². The molecular weight excluding hydrogens is 184 g/mol. The maximum Gasteiger partial charge on any atom is 0.200 e. The van der Waals surface area contributed by atoms with E-state index in [4.69, 9.17) is 4.74 Å². The van der Waals surface area contributed by atoms with E-state index in [0.29, 0.717) is 5.76 Å². The number of ketones is 1. The second-order valence-electron chi connectivity index (χ2n) is 3.48. The van der Waals surface area contributed by atoms with E-state index in [1.54, 1.807) is 0 Å². The molecule has 72 valence electrons. The van der Waals surface area contributed by atoms with Gasteiger partial charge in [-0.1, -0.05) is 0 Å². The smallest absolute Gasteiger partial charge is 0.200 e. The fourth-order valence-electron chi connectivity index (χ4n) is 1.67. The minimum Gasteiger partial charge on any atom is -0.490 e. The van der Waals surface area contributed by atoms with Gasteiger partial charge in [0.05, 0.1) is 6.61 Å². The van der Waals surface area contributed by atoms with Crippen LogP contribution in [0.1, 0.15) is 19.3 Å². The first-order valence-electron chi connectivity index (χ1n) is 4.83. The fourth-order valence-corrected chi connectivity index (χ4v) is 2.89. The quantitative estimate of drug-likeness (QED) is 0.679. The number of rotatable bonds is 2. The Hall–Kier alpha value is -0.440. The lowest BCUT2D eigenvalue weighted by Crippen LogP contribution is -2.19. The standard InChI is InChI=1S/C10H14O2S/c11-10(8-4-6-13-7-8)9-3-1-2-5-12-9/h3,8H,1-2,4-7H2. The van der Waals surface area contributed by atoms with Gasteiger partial charge in [-0.25, -0.2) is 0 Å². The lowest BCUT2D eigenvalue weighted by molar-refractivity contribution is -0.122. The number of allylic oxidation sites excluding steroid dienone is 2. The average Bonchev–Trinajstić information content (AvgIpc) is 2.71. The molecule has 0 amide bonds. The highest BCUT2D eigenvalue weighted by molar-refractivity contribution is 7.99. The van der Waals surface area contributed by atoms with E-state index >= 15 is 0 Å². The van der Waals surface area contributed by atoms with Crippen LogP contribution in [0.25, 0.3) is 0 Å². The van der Waals surface area contributed by atoms with Gasteiger partial charge in [0, 0.05) is 11.7 Å². The molecule has 1 unspecified atom stereocenters. The summed E-state index contributed by atoms with van der Waals surface area (Å²) in [6.45, 7) is 0.720. The lowest BCUT2D eigenvalue weighted by atomic mass is 10.0. The third kappa shape index (κ3) is 2.08. The summed E-state index contributed by atoms with van der Waals surface area (Å²) in [7, 11) is 0. The van der Waals surface area contributed by atoms with Crippen molar-refractivity contribution in [1.82, 2.24) is 0 Å². The third-order valence-electron chi connectivity index (χ3n) is 2.48. The van der Waals surface area contributed by atoms with Crippen molar-refractivity contribution in [3.05, 3.63) is 11.8 Å². The summed E-state index contributed by atoms with van der Waals surface area (Å²) in [5.74, 6) is 3.22. The number of hydrogen-bond donors (Lipinski definition) is 0. The molecular formula is C10H14O2S. The van der Waals surface area contributed by atoms with E-state index in [1.807, 2.05) is 17.8 Å². The highest BCUT2D eigenvalue weighted by atomic mass is 32.2. The summed E-state index contributed by atoms with van der Waals surface area (Å²) in [5, 5.41) is 0. The molecule has 0 aromatic heterocycles. The normalized spacial score (nSPS) is 28.0. The average molecular weight is 198 g/mol. The first-order chi connectivity index (χ1) is 6.38. The molecule has 0 bridgehead atoms. The van der Waals surface area contributed by atoms with Crippen molar-refractivity contribution >= 4 is 17.5 Å². The highest BCUT2D eigenvalue weighted by Gasteiger charge is 2.27. The molecule has 0 spiro atoms. The molecule has 0 aliphatic carbocycles. The van der Waals surface area contributed by atoms with Crippen molar-refractivity contribution in [1.29, 1.82) is 0 Å². The number of ether oxygens (including phenoxy) is 1. The van der Waals surface area contributed by atoms with Gasteiger partial charge in [0.25, 0.3) is 0 Å². The Morgan fingerprint density at radius 3 is 3.15 bits per heavy atom. The number of carbonyl (C=O) groups excluding carboxylic acids is 1. The number of Topliss-reactive ketones (excluding diaryl/α,β-unsaturated/α-hetero) is 1. The maximum absolute atomic E-state index is 11.8. The SMILES string of the molecule is O=C(C1=CCCCO1)C1CCSC1. The number of carbonyl (C=O) groups is 1. The predicted octanol–water partition coefficient (Wildman–Crippen LogP) is 2.00. The summed E-state index contributed by atoms with van der Waals surface area (Å²) < 4.78 is 5.35. The molecule has 0 radical (unpaired) electrons. The van der Waals surface area contributed by atoms with Gasteiger partial charge < -0.3 is 4.74 Å². The molecule has 1 saturated heterocycles. The molecule has 13 heavy (non-hydrogen) atoms. The highest BCUT2D eigenvalue weighted by Crippen LogP contribution is 2.27. The summed E-state index contributed by atoms with van der Waals surface area (Å²) in [4.78, 5) is 11.8. The molecule has 3 heteroatoms. The zero-order valence-corrected chi connectivity index (χ0v) is 8.44. The van der Waals surface area contributed by atoms with Crippen molar-refractivity contribution in [2.24, 2.45) is 5.92 Å². The van der Waals surface area contributed by atoms with Gasteiger partial charge in [-0.15, -0.1) is 0 Å². The molecule has 0 N–H and O–H groups in total. The second-order valence-corrected chi connectivity index (χ2v) is 4.63. The van der Waals surface area contributed by atoms with Crippen molar-refractivity contribution in [3.8, 4) is 0 Å². The van der Waals surface area contributed by atoms with Crippen molar-refractivity contribution in [3.63, 3.8) is 0 Å². The van der Waals surface area contributed by atoms with Crippen LogP contribution >= 0.6 is 11.8 Å². The number of hydrogen-bond acceptors (Lipinski definition) is 3. The first-order valence-corrected chi connectivity index (χ1v) is 5.98. The zero-order valence-electron chi connectivity index (χ0n) is 7.62. The second kappa shape index (κ2) is 4.18. The summed E-state index contributed by atoms with van der Waals surface area (Å²) in [6.07, 6.45) is 5.04. The Kier molecular flexibility index (Phi) is 2.94. The summed E-state index contributed by atoms with van der Waals surface area (Å²) >= 11 is 1.87. The molecule has 0 aromatic rings. The van der Waals surface area contributed by atoms with E-state index in [9.17, 15) is 4.79 Å². The van der Waals surface area contributed by atoms with Crippen LogP contribution in [0.15, 0.2) is 11.8 Å². The van der Waals surface area contributed by atoms with Gasteiger partial charge in [-0.3, -0.25) is 4.79 Å². The minimum absolute atomic E-state index is 0.231. The lowest BCUT2D eigenvalue weighted by Gasteiger charge is -2.16. The summed E-state index contributed by atoms with van der Waals surface area (Å²) in [5.41, 5.74) is 0. The van der Waals surface area contributed by atoms with Crippen molar-refractivity contribution in [2.45, 2.75) is 19.3 Å². The number of thioether (sulfide) groups is 1. The predicted molar refractivity (Wildman–Crippen MR) is 53.7 cm³/mol. The van der Waals surface area contributed by atoms with Crippen LogP contribution in [-0.4, -0.2) is 23.9 Å². The molecule has 2 rings (SSSR count). The van der Waals surface area contributed by atoms with Crippen LogP contribution in [0.5, 0.6) is 0 Å². The zero-order chi connectivity index (χ0) is 9.10. The summed E-state index contributed by atoms with van der Waals surface area (Å²) in [6, 6.07) is 0. The van der Waals surface area contributed by atoms with E-state index in [1.165, 1.54) is 0 Å². The van der Waals surface area contributed by atoms with Gasteiger partial charge in [0.1, 0.15) is 0 Å². The third-order valence-corrected chi connectivity index (χ3v) is 3.64. The van der Waals surface area contributed by atoms with Crippen LogP contribution in [0, 0.1) is 5.92 Å². The van der Waals surface area contributed by atoms with E-state index < -0.39 is 0 Å². The fraction of sp³-hybridized carbons (Fsp3) is 0.700. The molecule has 2 aliphatic rings. The van der Waals surface area contributed by atoms with Gasteiger partial charge >= 0.3 is 0 Å².